The number of ether oxygens (including phenoxy) is 11. The van der Waals surface area contributed by atoms with Gasteiger partial charge < -0.3 is 52.1 Å². The second-order valence-corrected chi connectivity index (χ2v) is 17.5. The molecule has 1 aliphatic carbocycles. The van der Waals surface area contributed by atoms with Crippen LogP contribution in [0.25, 0.3) is 0 Å². The van der Waals surface area contributed by atoms with Gasteiger partial charge in [-0.15, -0.1) is 0 Å². The zero-order valence-corrected chi connectivity index (χ0v) is 38.7. The molecular formula is C49H84O11S. The molecule has 2 heterocycles. The third kappa shape index (κ3) is 28.2. The highest BCUT2D eigenvalue weighted by molar-refractivity contribution is 7.99. The maximum absolute atomic E-state index is 6.27. The Morgan fingerprint density at radius 1 is 0.492 bits per heavy atom. The fourth-order valence-electron chi connectivity index (χ4n) is 7.51. The van der Waals surface area contributed by atoms with Crippen LogP contribution in [0.2, 0.25) is 0 Å². The normalized spacial score (nSPS) is 19.4. The predicted molar refractivity (Wildman–Crippen MR) is 244 cm³/mol. The molecule has 0 spiro atoms. The second-order valence-electron chi connectivity index (χ2n) is 16.4. The van der Waals surface area contributed by atoms with Gasteiger partial charge in [-0.05, 0) is 118 Å². The van der Waals surface area contributed by atoms with Crippen molar-refractivity contribution in [2.75, 3.05) is 117 Å². The van der Waals surface area contributed by atoms with Gasteiger partial charge in [-0.1, -0.05) is 50.7 Å². The minimum absolute atomic E-state index is 0.169. The van der Waals surface area contributed by atoms with E-state index < -0.39 is 0 Å². The molecule has 4 rings (SSSR count). The van der Waals surface area contributed by atoms with Crippen molar-refractivity contribution < 1.29 is 52.1 Å². The Balaban J connectivity index is 0.814. The molecule has 3 aliphatic rings. The molecule has 0 bridgehead atoms. The maximum Gasteiger partial charge on any atom is 0.199 e. The summed E-state index contributed by atoms with van der Waals surface area (Å²) in [5, 5.41) is 0. The van der Waals surface area contributed by atoms with Gasteiger partial charge in [0.05, 0.1) is 92.5 Å². The highest BCUT2D eigenvalue weighted by Crippen LogP contribution is 2.30. The topological polar surface area (TPSA) is 102 Å². The van der Waals surface area contributed by atoms with E-state index in [9.17, 15) is 0 Å². The Hall–Kier alpha value is -1.45. The lowest BCUT2D eigenvalue weighted by Crippen LogP contribution is -2.26. The molecule has 0 radical (unpaired) electrons. The van der Waals surface area contributed by atoms with Gasteiger partial charge in [-0.2, -0.15) is 11.8 Å². The van der Waals surface area contributed by atoms with Gasteiger partial charge in [0, 0.05) is 26.1 Å². The van der Waals surface area contributed by atoms with Crippen LogP contribution in [0.1, 0.15) is 128 Å². The number of allylic oxidation sites excluding steroid dienone is 2. The van der Waals surface area contributed by atoms with Gasteiger partial charge in [0.1, 0.15) is 11.5 Å². The van der Waals surface area contributed by atoms with E-state index in [4.69, 9.17) is 52.1 Å². The van der Waals surface area contributed by atoms with Crippen molar-refractivity contribution in [3.63, 3.8) is 0 Å². The Labute approximate surface area is 374 Å². The van der Waals surface area contributed by atoms with Crippen LogP contribution in [0, 0.1) is 5.92 Å². The monoisotopic (exact) mass is 881 g/mol. The number of thioether (sulfide) groups is 1. The van der Waals surface area contributed by atoms with E-state index in [0.29, 0.717) is 85.9 Å². The van der Waals surface area contributed by atoms with E-state index in [1.165, 1.54) is 75.7 Å². The highest BCUT2D eigenvalue weighted by atomic mass is 32.2. The largest absolute Gasteiger partial charge is 0.465 e. The molecule has 2 saturated heterocycles. The minimum atomic E-state index is -0.177. The lowest BCUT2D eigenvalue weighted by atomic mass is 9.97. The standard InChI is InChI=1S/C49H84O11S/c1(2-4-6-17-41-61-43-44-18-8-7-9-19-44)3-5-13-25-50-29-31-52-33-35-54-37-39-56-40-38-55-36-34-53-32-30-51-26-14-10-20-45-42-46(59-48-21-11-15-27-57-48)23-24-47(45)60-49-22-12-16-28-58-49/h7-8,23-24,42,44,48-49H,1-6,9-22,25-41,43H2. The van der Waals surface area contributed by atoms with Crippen LogP contribution < -0.4 is 9.47 Å². The lowest BCUT2D eigenvalue weighted by molar-refractivity contribution is -0.108. The summed E-state index contributed by atoms with van der Waals surface area (Å²) in [6.07, 6.45) is 28.2. The summed E-state index contributed by atoms with van der Waals surface area (Å²) in [6, 6.07) is 6.10. The van der Waals surface area contributed by atoms with Crippen LogP contribution in [0.4, 0.5) is 0 Å². The van der Waals surface area contributed by atoms with E-state index in [-0.39, 0.29) is 12.6 Å². The summed E-state index contributed by atoms with van der Waals surface area (Å²) in [5.74, 6) is 5.36. The third-order valence-electron chi connectivity index (χ3n) is 11.1. The van der Waals surface area contributed by atoms with Crippen molar-refractivity contribution >= 4 is 11.8 Å². The molecule has 2 fully saturated rings. The van der Waals surface area contributed by atoms with E-state index >= 15 is 0 Å². The first-order chi connectivity index (χ1) is 30.4. The number of hydrogen-bond donors (Lipinski definition) is 0. The number of hydrogen-bond acceptors (Lipinski definition) is 12. The van der Waals surface area contributed by atoms with Crippen molar-refractivity contribution in [3.8, 4) is 11.5 Å². The van der Waals surface area contributed by atoms with Gasteiger partial charge >= 0.3 is 0 Å². The molecular weight excluding hydrogens is 797 g/mol. The lowest BCUT2D eigenvalue weighted by Gasteiger charge is -2.26. The first kappa shape index (κ1) is 52.2. The van der Waals surface area contributed by atoms with Gasteiger partial charge in [0.15, 0.2) is 12.6 Å². The average molecular weight is 881 g/mol. The van der Waals surface area contributed by atoms with Crippen molar-refractivity contribution in [2.45, 2.75) is 141 Å². The second kappa shape index (κ2) is 37.9. The summed E-state index contributed by atoms with van der Waals surface area (Å²) in [4.78, 5) is 0. The molecule has 3 unspecified atom stereocenters. The molecule has 11 nitrogen and oxygen atoms in total. The van der Waals surface area contributed by atoms with Crippen LogP contribution in [-0.4, -0.2) is 130 Å². The fourth-order valence-corrected chi connectivity index (χ4v) is 8.72. The quantitative estimate of drug-likeness (QED) is 0.0463. The smallest absolute Gasteiger partial charge is 0.199 e. The molecule has 0 saturated carbocycles. The first-order valence-electron chi connectivity index (χ1n) is 24.3. The van der Waals surface area contributed by atoms with E-state index in [1.807, 2.05) is 12.1 Å². The van der Waals surface area contributed by atoms with Gasteiger partial charge in [-0.25, -0.2) is 0 Å². The molecule has 0 N–H and O–H groups in total. The van der Waals surface area contributed by atoms with Crippen LogP contribution >= 0.6 is 11.8 Å². The van der Waals surface area contributed by atoms with Gasteiger partial charge in [0.2, 0.25) is 0 Å². The summed E-state index contributed by atoms with van der Waals surface area (Å²) >= 11 is 2.18. The molecule has 1 aromatic rings. The Bertz CT molecular complexity index is 1160. The molecule has 0 aromatic heterocycles. The van der Waals surface area contributed by atoms with Crippen molar-refractivity contribution in [1.82, 2.24) is 0 Å². The van der Waals surface area contributed by atoms with Crippen molar-refractivity contribution in [2.24, 2.45) is 5.92 Å². The number of unbranched alkanes of at least 4 members (excludes halogenated alkanes) is 8. The molecule has 0 amide bonds. The Kier molecular flexibility index (Phi) is 32.4. The zero-order chi connectivity index (χ0) is 42.4. The molecule has 1 aromatic carbocycles. The SMILES string of the molecule is C1=CCC(CSCCCCCCCCCCOCCOCCOCCOCCOCCOCCOCCCCc2cc(OC3CCCCO3)ccc2OC2CCCCO2)CC1. The molecule has 12 heteroatoms. The molecule has 352 valence electrons. The van der Waals surface area contributed by atoms with E-state index in [2.05, 4.69) is 30.0 Å². The van der Waals surface area contributed by atoms with Crippen LogP contribution in [-0.2, 0) is 49.1 Å². The molecule has 61 heavy (non-hydrogen) atoms. The third-order valence-corrected chi connectivity index (χ3v) is 12.4. The molecule has 2 aliphatic heterocycles. The number of rotatable bonds is 40. The summed E-state index contributed by atoms with van der Waals surface area (Å²) in [6.45, 7) is 9.78. The average Bonchev–Trinajstić information content (AvgIpc) is 3.29. The number of benzene rings is 1. The van der Waals surface area contributed by atoms with Gasteiger partial charge in [0.25, 0.3) is 0 Å². The van der Waals surface area contributed by atoms with Crippen LogP contribution in [0.15, 0.2) is 30.4 Å². The van der Waals surface area contributed by atoms with E-state index in [1.54, 1.807) is 0 Å². The predicted octanol–water partition coefficient (Wildman–Crippen LogP) is 10.1. The minimum Gasteiger partial charge on any atom is -0.465 e. The summed E-state index contributed by atoms with van der Waals surface area (Å²) in [5.41, 5.74) is 1.14. The van der Waals surface area contributed by atoms with E-state index in [0.717, 1.165) is 107 Å². The van der Waals surface area contributed by atoms with Gasteiger partial charge in [-0.3, -0.25) is 0 Å². The first-order valence-corrected chi connectivity index (χ1v) is 25.5. The van der Waals surface area contributed by atoms with Crippen molar-refractivity contribution in [3.05, 3.63) is 35.9 Å². The number of aryl methyl sites for hydroxylation is 1. The Morgan fingerprint density at radius 2 is 1.00 bits per heavy atom. The highest BCUT2D eigenvalue weighted by Gasteiger charge is 2.19. The Morgan fingerprint density at radius 3 is 1.52 bits per heavy atom. The van der Waals surface area contributed by atoms with Crippen LogP contribution in [0.5, 0.6) is 11.5 Å². The summed E-state index contributed by atoms with van der Waals surface area (Å²) < 4.78 is 63.6. The molecule has 3 atom stereocenters. The maximum atomic E-state index is 6.27. The zero-order valence-electron chi connectivity index (χ0n) is 37.9. The fraction of sp³-hybridized carbons (Fsp3) is 0.837. The van der Waals surface area contributed by atoms with Crippen LogP contribution in [0.3, 0.4) is 0 Å². The van der Waals surface area contributed by atoms with Crippen molar-refractivity contribution in [1.29, 1.82) is 0 Å². The summed E-state index contributed by atoms with van der Waals surface area (Å²) in [7, 11) is 0.